The van der Waals surface area contributed by atoms with Gasteiger partial charge in [0.2, 0.25) is 0 Å². The molecule has 0 aromatic carbocycles. The first-order chi connectivity index (χ1) is 6.49. The minimum atomic E-state index is 0.331. The Morgan fingerprint density at radius 2 is 1.71 bits per heavy atom. The number of hydrogen-bond donors (Lipinski definition) is 1. The van der Waals surface area contributed by atoms with Crippen molar-refractivity contribution in [3.8, 4) is 0 Å². The van der Waals surface area contributed by atoms with Crippen molar-refractivity contribution in [3.05, 3.63) is 0 Å². The first-order valence-corrected chi connectivity index (χ1v) is 5.98. The highest BCUT2D eigenvalue weighted by molar-refractivity contribution is 4.79. The van der Waals surface area contributed by atoms with Crippen LogP contribution in [0.25, 0.3) is 0 Å². The number of rotatable bonds is 3. The summed E-state index contributed by atoms with van der Waals surface area (Å²) in [5.74, 6) is 1.71. The van der Waals surface area contributed by atoms with Crippen molar-refractivity contribution in [1.29, 1.82) is 0 Å². The van der Waals surface area contributed by atoms with E-state index in [1.165, 1.54) is 19.5 Å². The van der Waals surface area contributed by atoms with Crippen LogP contribution in [0.15, 0.2) is 0 Å². The van der Waals surface area contributed by atoms with E-state index in [4.69, 9.17) is 5.73 Å². The largest absolute Gasteiger partial charge is 0.328 e. The molecular weight excluding hydrogens is 172 g/mol. The van der Waals surface area contributed by atoms with Gasteiger partial charge in [0.1, 0.15) is 0 Å². The maximum Gasteiger partial charge on any atom is 0.00817 e. The molecule has 2 nitrogen and oxygen atoms in total. The summed E-state index contributed by atoms with van der Waals surface area (Å²) < 4.78 is 0. The number of likely N-dealkylation sites (tertiary alicyclic amines) is 1. The summed E-state index contributed by atoms with van der Waals surface area (Å²) in [6.45, 7) is 11.7. The fourth-order valence-corrected chi connectivity index (χ4v) is 2.76. The van der Waals surface area contributed by atoms with Crippen molar-refractivity contribution in [1.82, 2.24) is 4.90 Å². The molecule has 1 aliphatic heterocycles. The van der Waals surface area contributed by atoms with E-state index >= 15 is 0 Å². The molecule has 84 valence electrons. The van der Waals surface area contributed by atoms with E-state index in [0.717, 1.165) is 18.3 Å². The summed E-state index contributed by atoms with van der Waals surface area (Å²) in [6.07, 6.45) is 2.51. The van der Waals surface area contributed by atoms with Crippen LogP contribution in [-0.2, 0) is 0 Å². The molecule has 1 saturated heterocycles. The molecule has 0 aromatic rings. The van der Waals surface area contributed by atoms with Crippen molar-refractivity contribution in [2.45, 2.75) is 52.6 Å². The Balaban J connectivity index is 2.42. The van der Waals surface area contributed by atoms with Gasteiger partial charge in [0.25, 0.3) is 0 Å². The Morgan fingerprint density at radius 3 is 2.14 bits per heavy atom. The standard InChI is InChI=1S/C12H26N2/c1-9-5-10(2)8-14(7-9)12(4)6-11(3)13/h9-12H,5-8,13H2,1-4H3. The Morgan fingerprint density at radius 1 is 1.21 bits per heavy atom. The van der Waals surface area contributed by atoms with Crippen molar-refractivity contribution in [3.63, 3.8) is 0 Å². The normalized spacial score (nSPS) is 34.1. The zero-order chi connectivity index (χ0) is 10.7. The molecular formula is C12H26N2. The van der Waals surface area contributed by atoms with Crippen molar-refractivity contribution in [2.75, 3.05) is 13.1 Å². The van der Waals surface area contributed by atoms with Gasteiger partial charge in [-0.15, -0.1) is 0 Å². The molecule has 4 atom stereocenters. The molecule has 1 heterocycles. The Labute approximate surface area is 88.8 Å². The summed E-state index contributed by atoms with van der Waals surface area (Å²) in [5.41, 5.74) is 5.84. The van der Waals surface area contributed by atoms with Crippen molar-refractivity contribution < 1.29 is 0 Å². The SMILES string of the molecule is CC(N)CC(C)N1CC(C)CC(C)C1. The molecule has 0 spiro atoms. The molecule has 1 rings (SSSR count). The molecule has 1 fully saturated rings. The number of hydrogen-bond acceptors (Lipinski definition) is 2. The van der Waals surface area contributed by atoms with Gasteiger partial charge in [0, 0.05) is 25.2 Å². The molecule has 0 radical (unpaired) electrons. The Kier molecular flexibility index (Phi) is 4.39. The predicted molar refractivity (Wildman–Crippen MR) is 62.2 cm³/mol. The maximum absolute atomic E-state index is 5.84. The number of piperidine rings is 1. The Bertz CT molecular complexity index is 158. The Hall–Kier alpha value is -0.0800. The van der Waals surface area contributed by atoms with Gasteiger partial charge in [-0.1, -0.05) is 13.8 Å². The third-order valence-corrected chi connectivity index (χ3v) is 3.23. The second-order valence-corrected chi connectivity index (χ2v) is 5.46. The average molecular weight is 198 g/mol. The second kappa shape index (κ2) is 5.13. The lowest BCUT2D eigenvalue weighted by Crippen LogP contribution is -2.45. The van der Waals surface area contributed by atoms with E-state index in [9.17, 15) is 0 Å². The predicted octanol–water partition coefficient (Wildman–Crippen LogP) is 2.09. The summed E-state index contributed by atoms with van der Waals surface area (Å²) >= 11 is 0. The zero-order valence-corrected chi connectivity index (χ0v) is 10.2. The summed E-state index contributed by atoms with van der Waals surface area (Å²) in [4.78, 5) is 2.61. The van der Waals surface area contributed by atoms with Crippen LogP contribution in [0.4, 0.5) is 0 Å². The molecule has 0 bridgehead atoms. The van der Waals surface area contributed by atoms with Crippen LogP contribution in [0.2, 0.25) is 0 Å². The first kappa shape index (κ1) is 12.0. The fraction of sp³-hybridized carbons (Fsp3) is 1.00. The number of nitrogens with zero attached hydrogens (tertiary/aromatic N) is 1. The summed E-state index contributed by atoms with van der Waals surface area (Å²) in [7, 11) is 0. The van der Waals surface area contributed by atoms with Gasteiger partial charge in [0.15, 0.2) is 0 Å². The van der Waals surface area contributed by atoms with E-state index < -0.39 is 0 Å². The smallest absolute Gasteiger partial charge is 0.00817 e. The average Bonchev–Trinajstić information content (AvgIpc) is 2.00. The lowest BCUT2D eigenvalue weighted by molar-refractivity contribution is 0.0962. The van der Waals surface area contributed by atoms with Gasteiger partial charge >= 0.3 is 0 Å². The van der Waals surface area contributed by atoms with Crippen LogP contribution in [0.3, 0.4) is 0 Å². The quantitative estimate of drug-likeness (QED) is 0.752. The summed E-state index contributed by atoms with van der Waals surface area (Å²) in [5, 5.41) is 0. The van der Waals surface area contributed by atoms with E-state index in [0.29, 0.717) is 12.1 Å². The highest BCUT2D eigenvalue weighted by atomic mass is 15.2. The molecule has 0 saturated carbocycles. The van der Waals surface area contributed by atoms with E-state index in [1.807, 2.05) is 0 Å². The van der Waals surface area contributed by atoms with E-state index in [2.05, 4.69) is 32.6 Å². The molecule has 0 aliphatic carbocycles. The van der Waals surface area contributed by atoms with Crippen LogP contribution < -0.4 is 5.73 Å². The summed E-state index contributed by atoms with van der Waals surface area (Å²) in [6, 6.07) is 0.984. The third-order valence-electron chi connectivity index (χ3n) is 3.23. The van der Waals surface area contributed by atoms with Crippen molar-refractivity contribution in [2.24, 2.45) is 17.6 Å². The fourth-order valence-electron chi connectivity index (χ4n) is 2.76. The van der Waals surface area contributed by atoms with Gasteiger partial charge < -0.3 is 10.6 Å². The highest BCUT2D eigenvalue weighted by Gasteiger charge is 2.25. The molecule has 14 heavy (non-hydrogen) atoms. The van der Waals surface area contributed by atoms with Crippen LogP contribution in [0, 0.1) is 11.8 Å². The molecule has 0 amide bonds. The highest BCUT2D eigenvalue weighted by Crippen LogP contribution is 2.23. The van der Waals surface area contributed by atoms with Gasteiger partial charge in [0.05, 0.1) is 0 Å². The van der Waals surface area contributed by atoms with Gasteiger partial charge in [-0.25, -0.2) is 0 Å². The molecule has 4 unspecified atom stereocenters. The minimum Gasteiger partial charge on any atom is -0.328 e. The molecule has 0 aromatic heterocycles. The van der Waals surface area contributed by atoms with E-state index in [1.54, 1.807) is 0 Å². The van der Waals surface area contributed by atoms with Crippen LogP contribution in [0.1, 0.15) is 40.5 Å². The van der Waals surface area contributed by atoms with Gasteiger partial charge in [-0.3, -0.25) is 0 Å². The molecule has 2 N–H and O–H groups in total. The number of nitrogens with two attached hydrogens (primary N) is 1. The lowest BCUT2D eigenvalue weighted by atomic mass is 9.90. The molecule has 1 aliphatic rings. The van der Waals surface area contributed by atoms with Gasteiger partial charge in [-0.2, -0.15) is 0 Å². The first-order valence-electron chi connectivity index (χ1n) is 5.98. The lowest BCUT2D eigenvalue weighted by Gasteiger charge is -2.39. The van der Waals surface area contributed by atoms with Crippen molar-refractivity contribution >= 4 is 0 Å². The molecule has 2 heteroatoms. The van der Waals surface area contributed by atoms with Crippen LogP contribution >= 0.6 is 0 Å². The maximum atomic E-state index is 5.84. The van der Waals surface area contributed by atoms with E-state index in [-0.39, 0.29) is 0 Å². The third kappa shape index (κ3) is 3.58. The monoisotopic (exact) mass is 198 g/mol. The zero-order valence-electron chi connectivity index (χ0n) is 10.2. The van der Waals surface area contributed by atoms with Crippen LogP contribution in [0.5, 0.6) is 0 Å². The van der Waals surface area contributed by atoms with Crippen LogP contribution in [-0.4, -0.2) is 30.1 Å². The topological polar surface area (TPSA) is 29.3 Å². The van der Waals surface area contributed by atoms with Gasteiger partial charge in [-0.05, 0) is 38.5 Å². The minimum absolute atomic E-state index is 0.331. The second-order valence-electron chi connectivity index (χ2n) is 5.46.